The van der Waals surface area contributed by atoms with Gasteiger partial charge in [-0.05, 0) is 35.4 Å². The molecule has 0 saturated carbocycles. The summed E-state index contributed by atoms with van der Waals surface area (Å²) in [7, 11) is 1.58. The lowest BCUT2D eigenvalue weighted by atomic mass is 10.0. The normalized spacial score (nSPS) is 20.0. The van der Waals surface area contributed by atoms with Crippen LogP contribution in [0.2, 0.25) is 0 Å². The van der Waals surface area contributed by atoms with Crippen LogP contribution in [0.1, 0.15) is 11.1 Å². The molecule has 1 fully saturated rings. The number of phenols is 1. The molecule has 0 aliphatic carbocycles. The van der Waals surface area contributed by atoms with Crippen molar-refractivity contribution in [3.8, 4) is 11.5 Å². The summed E-state index contributed by atoms with van der Waals surface area (Å²) in [6.45, 7) is 3.85. The summed E-state index contributed by atoms with van der Waals surface area (Å²) in [5.74, 6) is 0.466. The van der Waals surface area contributed by atoms with E-state index < -0.39 is 12.0 Å². The first-order valence-electron chi connectivity index (χ1n) is 9.95. The van der Waals surface area contributed by atoms with Gasteiger partial charge in [-0.3, -0.25) is 14.7 Å². The molecule has 7 nitrogen and oxygen atoms in total. The summed E-state index contributed by atoms with van der Waals surface area (Å²) < 4.78 is 10.6. The third kappa shape index (κ3) is 4.13. The van der Waals surface area contributed by atoms with E-state index in [4.69, 9.17) is 9.47 Å². The van der Waals surface area contributed by atoms with Crippen molar-refractivity contribution in [2.45, 2.75) is 18.0 Å². The molecule has 0 aromatic heterocycles. The Balaban J connectivity index is 1.47. The van der Waals surface area contributed by atoms with Crippen molar-refractivity contribution in [1.82, 2.24) is 4.90 Å². The fourth-order valence-electron chi connectivity index (χ4n) is 3.47. The van der Waals surface area contributed by atoms with Crippen molar-refractivity contribution >= 4 is 29.9 Å². The van der Waals surface area contributed by atoms with E-state index in [-0.39, 0.29) is 29.3 Å². The lowest BCUT2D eigenvalue weighted by molar-refractivity contribution is -0.151. The number of esters is 1. The Morgan fingerprint density at radius 3 is 2.72 bits per heavy atom. The van der Waals surface area contributed by atoms with Gasteiger partial charge in [-0.15, -0.1) is 11.8 Å². The number of thioether (sulfide) groups is 1. The van der Waals surface area contributed by atoms with E-state index in [1.807, 2.05) is 12.1 Å². The van der Waals surface area contributed by atoms with Crippen LogP contribution in [0.25, 0.3) is 0 Å². The molecule has 2 aromatic rings. The van der Waals surface area contributed by atoms with Crippen LogP contribution < -0.4 is 4.74 Å². The highest BCUT2D eigenvalue weighted by atomic mass is 32.2. The van der Waals surface area contributed by atoms with E-state index in [1.165, 1.54) is 22.9 Å². The summed E-state index contributed by atoms with van der Waals surface area (Å²) >= 11 is 1.51. The molecule has 32 heavy (non-hydrogen) atoms. The number of amides is 1. The van der Waals surface area contributed by atoms with Gasteiger partial charge in [0.25, 0.3) is 5.91 Å². The van der Waals surface area contributed by atoms with Crippen molar-refractivity contribution in [3.63, 3.8) is 0 Å². The zero-order valence-electron chi connectivity index (χ0n) is 17.4. The number of carbonyl (C=O) groups is 2. The van der Waals surface area contributed by atoms with Gasteiger partial charge in [0.15, 0.2) is 6.04 Å². The second-order valence-corrected chi connectivity index (χ2v) is 8.30. The monoisotopic (exact) mass is 450 g/mol. The molecular weight excluding hydrogens is 428 g/mol. The van der Waals surface area contributed by atoms with Crippen LogP contribution in [0, 0.1) is 0 Å². The number of hydrogen-bond acceptors (Lipinski definition) is 7. The van der Waals surface area contributed by atoms with E-state index >= 15 is 0 Å². The van der Waals surface area contributed by atoms with Crippen LogP contribution in [0.5, 0.6) is 11.5 Å². The van der Waals surface area contributed by atoms with Gasteiger partial charge in [0.05, 0.1) is 7.11 Å². The number of para-hydroxylation sites is 1. The zero-order valence-corrected chi connectivity index (χ0v) is 18.2. The first-order chi connectivity index (χ1) is 15.5. The number of β-lactam (4-membered cyclic amide) rings is 1. The second kappa shape index (κ2) is 9.32. The van der Waals surface area contributed by atoms with Crippen LogP contribution in [-0.4, -0.2) is 52.4 Å². The Morgan fingerprint density at radius 1 is 1.28 bits per heavy atom. The molecule has 2 aromatic carbocycles. The zero-order chi connectivity index (χ0) is 22.7. The summed E-state index contributed by atoms with van der Waals surface area (Å²) in [6, 6.07) is 13.3. The van der Waals surface area contributed by atoms with Crippen LogP contribution in [0.3, 0.4) is 0 Å². The molecule has 0 spiro atoms. The first-order valence-corrected chi connectivity index (χ1v) is 11.0. The standard InChI is InChI=1S/C24H22N2O5S/c1-3-16-14-32-23-20(25-12-17-6-4-5-7-19(17)27)22(28)26(23)21(16)24(29)31-13-15-8-10-18(30-2)11-9-15/h3-12,20,23,27H,1,13-14H2,2H3/b25-12-/t20-,23-/m1/s1. The molecule has 2 atom stereocenters. The van der Waals surface area contributed by atoms with Gasteiger partial charge in [-0.1, -0.05) is 36.9 Å². The minimum atomic E-state index is -0.629. The molecule has 2 aliphatic heterocycles. The summed E-state index contributed by atoms with van der Waals surface area (Å²) in [4.78, 5) is 31.6. The number of hydrogen-bond donors (Lipinski definition) is 1. The minimum Gasteiger partial charge on any atom is -0.507 e. The average Bonchev–Trinajstić information content (AvgIpc) is 2.83. The summed E-state index contributed by atoms with van der Waals surface area (Å²) in [5.41, 5.74) is 2.21. The van der Waals surface area contributed by atoms with Gasteiger partial charge in [-0.25, -0.2) is 4.79 Å². The Bertz CT molecular complexity index is 1110. The van der Waals surface area contributed by atoms with Crippen LogP contribution in [0.4, 0.5) is 0 Å². The molecule has 0 bridgehead atoms. The van der Waals surface area contributed by atoms with Gasteiger partial charge in [-0.2, -0.15) is 0 Å². The van der Waals surface area contributed by atoms with E-state index in [9.17, 15) is 14.7 Å². The number of nitrogens with zero attached hydrogens (tertiary/aromatic N) is 2. The Hall–Kier alpha value is -3.52. The van der Waals surface area contributed by atoms with Gasteiger partial charge < -0.3 is 14.6 Å². The van der Waals surface area contributed by atoms with E-state index in [2.05, 4.69) is 11.6 Å². The SMILES string of the molecule is C=CC1=C(C(=O)OCc2ccc(OC)cc2)N2C(=O)[C@@H](/N=C\c3ccccc3O)[C@H]2SC1. The fraction of sp³-hybridized carbons (Fsp3) is 0.208. The maximum absolute atomic E-state index is 12.9. The largest absolute Gasteiger partial charge is 0.507 e. The number of phenolic OH excluding ortho intramolecular Hbond substituents is 1. The van der Waals surface area contributed by atoms with Gasteiger partial charge in [0.2, 0.25) is 0 Å². The smallest absolute Gasteiger partial charge is 0.355 e. The van der Waals surface area contributed by atoms with Gasteiger partial charge in [0, 0.05) is 17.5 Å². The maximum Gasteiger partial charge on any atom is 0.355 e. The summed E-state index contributed by atoms with van der Waals surface area (Å²) in [6.07, 6.45) is 3.07. The fourth-order valence-corrected chi connectivity index (χ4v) is 4.80. The van der Waals surface area contributed by atoms with E-state index in [1.54, 1.807) is 49.6 Å². The van der Waals surface area contributed by atoms with Crippen molar-refractivity contribution in [2.75, 3.05) is 12.9 Å². The number of carbonyl (C=O) groups excluding carboxylic acids is 2. The molecule has 8 heteroatoms. The third-order valence-electron chi connectivity index (χ3n) is 5.25. The average molecular weight is 451 g/mol. The predicted molar refractivity (Wildman–Crippen MR) is 123 cm³/mol. The number of rotatable bonds is 7. The van der Waals surface area contributed by atoms with Crippen molar-refractivity contribution in [3.05, 3.63) is 83.6 Å². The number of aromatic hydroxyl groups is 1. The van der Waals surface area contributed by atoms with Crippen molar-refractivity contribution in [2.24, 2.45) is 4.99 Å². The number of allylic oxidation sites excluding steroid dienone is 1. The number of ether oxygens (including phenoxy) is 2. The molecule has 2 heterocycles. The maximum atomic E-state index is 12.9. The highest BCUT2D eigenvalue weighted by Gasteiger charge is 2.53. The van der Waals surface area contributed by atoms with Crippen LogP contribution >= 0.6 is 11.8 Å². The van der Waals surface area contributed by atoms with E-state index in [0.717, 1.165) is 5.56 Å². The first kappa shape index (κ1) is 21.7. The Labute approximate surface area is 190 Å². The van der Waals surface area contributed by atoms with Crippen molar-refractivity contribution in [1.29, 1.82) is 0 Å². The quantitative estimate of drug-likeness (QED) is 0.396. The molecule has 164 valence electrons. The Morgan fingerprint density at radius 2 is 2.03 bits per heavy atom. The van der Waals surface area contributed by atoms with Gasteiger partial charge >= 0.3 is 5.97 Å². The second-order valence-electron chi connectivity index (χ2n) is 7.19. The number of aliphatic imine (C=N–C) groups is 1. The molecule has 4 rings (SSSR count). The molecule has 2 aliphatic rings. The molecule has 0 unspecified atom stereocenters. The van der Waals surface area contributed by atoms with Gasteiger partial charge in [0.1, 0.15) is 29.2 Å². The Kier molecular flexibility index (Phi) is 6.32. The molecular formula is C24H22N2O5S. The number of methoxy groups -OCH3 is 1. The molecule has 1 amide bonds. The predicted octanol–water partition coefficient (Wildman–Crippen LogP) is 3.29. The third-order valence-corrected chi connectivity index (χ3v) is 6.54. The highest BCUT2D eigenvalue weighted by molar-refractivity contribution is 8.00. The molecule has 1 N–H and O–H groups in total. The van der Waals surface area contributed by atoms with E-state index in [0.29, 0.717) is 22.6 Å². The highest BCUT2D eigenvalue weighted by Crippen LogP contribution is 2.42. The number of benzene rings is 2. The molecule has 1 saturated heterocycles. The molecule has 0 radical (unpaired) electrons. The lowest BCUT2D eigenvalue weighted by Crippen LogP contribution is -2.64. The van der Waals surface area contributed by atoms with Crippen LogP contribution in [-0.2, 0) is 20.9 Å². The lowest BCUT2D eigenvalue weighted by Gasteiger charge is -2.47. The van der Waals surface area contributed by atoms with Crippen LogP contribution in [0.15, 0.2) is 77.4 Å². The minimum absolute atomic E-state index is 0.0749. The topological polar surface area (TPSA) is 88.4 Å². The summed E-state index contributed by atoms with van der Waals surface area (Å²) in [5, 5.41) is 9.59. The van der Waals surface area contributed by atoms with Crippen molar-refractivity contribution < 1.29 is 24.2 Å². The number of fused-ring (bicyclic) bond motifs is 1.